The maximum atomic E-state index is 10.7. The predicted molar refractivity (Wildman–Crippen MR) is 139 cm³/mol. The van der Waals surface area contributed by atoms with Gasteiger partial charge in [0, 0.05) is 16.7 Å². The molecule has 0 amide bonds. The van der Waals surface area contributed by atoms with Gasteiger partial charge in [-0.1, -0.05) is 76.6 Å². The average molecular weight is 489 g/mol. The Kier molecular flexibility index (Phi) is 19.2. The molecule has 1 unspecified atom stereocenters. The Labute approximate surface area is 210 Å². The van der Waals surface area contributed by atoms with Gasteiger partial charge in [-0.2, -0.15) is 0 Å². The van der Waals surface area contributed by atoms with Crippen LogP contribution in [-0.4, -0.2) is 50.9 Å². The standard InChI is InChI=1S/C8H14O2.C8H8.C7H10O3.C5H8O2/c1-6(2)5-10-8(9)7(3)4;1-2-8-6-4-3-5-7-8;1-5(2)7(8)10-4-6-3-9-6;1-4(2)5(6)7-3/h6H,3,5H2,1-2,4H3;2-7H,1H2;6H,1,3-4H2,2H3;1H2,2-3H3. The molecule has 0 aliphatic carbocycles. The van der Waals surface area contributed by atoms with Gasteiger partial charge in [0.05, 0.1) is 20.3 Å². The van der Waals surface area contributed by atoms with E-state index in [2.05, 4.69) is 31.1 Å². The lowest BCUT2D eigenvalue weighted by Crippen LogP contribution is -2.09. The zero-order valence-corrected chi connectivity index (χ0v) is 21.9. The third kappa shape index (κ3) is 22.1. The van der Waals surface area contributed by atoms with Gasteiger partial charge in [-0.15, -0.1) is 0 Å². The highest BCUT2D eigenvalue weighted by Gasteiger charge is 2.24. The van der Waals surface area contributed by atoms with Crippen molar-refractivity contribution in [2.75, 3.05) is 26.9 Å². The Morgan fingerprint density at radius 1 is 0.943 bits per heavy atom. The van der Waals surface area contributed by atoms with Crippen LogP contribution in [-0.2, 0) is 33.3 Å². The molecule has 1 aromatic rings. The molecule has 0 saturated carbocycles. The van der Waals surface area contributed by atoms with E-state index in [9.17, 15) is 14.4 Å². The van der Waals surface area contributed by atoms with E-state index in [1.54, 1.807) is 20.8 Å². The molecule has 1 heterocycles. The number of benzene rings is 1. The first kappa shape index (κ1) is 33.7. The van der Waals surface area contributed by atoms with Crippen LogP contribution in [0.5, 0.6) is 0 Å². The molecule has 0 spiro atoms. The largest absolute Gasteiger partial charge is 0.466 e. The summed E-state index contributed by atoms with van der Waals surface area (Å²) in [7, 11) is 1.33. The second kappa shape index (κ2) is 20.0. The van der Waals surface area contributed by atoms with Crippen molar-refractivity contribution in [3.63, 3.8) is 0 Å². The van der Waals surface area contributed by atoms with Crippen molar-refractivity contribution in [3.8, 4) is 0 Å². The molecule has 1 aliphatic heterocycles. The van der Waals surface area contributed by atoms with Gasteiger partial charge in [0.1, 0.15) is 12.7 Å². The summed E-state index contributed by atoms with van der Waals surface area (Å²) in [4.78, 5) is 31.6. The minimum Gasteiger partial charge on any atom is -0.466 e. The smallest absolute Gasteiger partial charge is 0.333 e. The average Bonchev–Trinajstić information content (AvgIpc) is 3.66. The van der Waals surface area contributed by atoms with Gasteiger partial charge < -0.3 is 18.9 Å². The van der Waals surface area contributed by atoms with Crippen LogP contribution in [0.4, 0.5) is 0 Å². The number of carbonyl (C=O) groups excluding carboxylic acids is 3. The van der Waals surface area contributed by atoms with Crippen LogP contribution in [0, 0.1) is 5.92 Å². The highest BCUT2D eigenvalue weighted by molar-refractivity contribution is 5.87. The fourth-order valence-corrected chi connectivity index (χ4v) is 1.59. The minimum absolute atomic E-state index is 0.142. The zero-order chi connectivity index (χ0) is 27.4. The first-order valence-electron chi connectivity index (χ1n) is 11.0. The number of esters is 3. The second-order valence-electron chi connectivity index (χ2n) is 7.99. The van der Waals surface area contributed by atoms with Crippen LogP contribution in [0.1, 0.15) is 40.2 Å². The maximum Gasteiger partial charge on any atom is 0.333 e. The normalized spacial score (nSPS) is 12.5. The van der Waals surface area contributed by atoms with E-state index < -0.39 is 0 Å². The summed E-state index contributed by atoms with van der Waals surface area (Å²) in [5.74, 6) is -0.590. The van der Waals surface area contributed by atoms with Crippen LogP contribution in [0.2, 0.25) is 0 Å². The molecule has 194 valence electrons. The Hall–Kier alpha value is -3.45. The third-order valence-electron chi connectivity index (χ3n) is 3.62. The van der Waals surface area contributed by atoms with Crippen LogP contribution in [0.25, 0.3) is 6.08 Å². The van der Waals surface area contributed by atoms with Gasteiger partial charge in [0.2, 0.25) is 0 Å². The molecular formula is C28H40O7. The quantitative estimate of drug-likeness (QED) is 0.211. The molecule has 0 aromatic heterocycles. The lowest BCUT2D eigenvalue weighted by molar-refractivity contribution is -0.140. The Balaban J connectivity index is 0. The van der Waals surface area contributed by atoms with Crippen molar-refractivity contribution in [3.05, 3.63) is 78.9 Å². The third-order valence-corrected chi connectivity index (χ3v) is 3.62. The van der Waals surface area contributed by atoms with Crippen LogP contribution >= 0.6 is 0 Å². The molecule has 0 radical (unpaired) electrons. The summed E-state index contributed by atoms with van der Waals surface area (Å²) >= 11 is 0. The number of carbonyl (C=O) groups is 3. The molecule has 1 aliphatic rings. The SMILES string of the molecule is C=C(C)C(=O)OC.C=C(C)C(=O)OCC(C)C.C=C(C)C(=O)OCC1CO1.C=Cc1ccccc1. The molecule has 2 rings (SSSR count). The van der Waals surface area contributed by atoms with Crippen LogP contribution in [0.3, 0.4) is 0 Å². The molecule has 0 N–H and O–H groups in total. The number of hydrogen-bond donors (Lipinski definition) is 0. The fourth-order valence-electron chi connectivity index (χ4n) is 1.59. The zero-order valence-electron chi connectivity index (χ0n) is 21.9. The van der Waals surface area contributed by atoms with Gasteiger partial charge in [0.25, 0.3) is 0 Å². The number of epoxide rings is 1. The van der Waals surface area contributed by atoms with E-state index >= 15 is 0 Å². The predicted octanol–water partition coefficient (Wildman–Crippen LogP) is 5.33. The molecule has 1 atom stereocenters. The van der Waals surface area contributed by atoms with Crippen molar-refractivity contribution in [2.45, 2.75) is 40.7 Å². The molecule has 35 heavy (non-hydrogen) atoms. The first-order valence-corrected chi connectivity index (χ1v) is 11.0. The molecule has 1 fully saturated rings. The number of rotatable bonds is 8. The second-order valence-corrected chi connectivity index (χ2v) is 7.99. The van der Waals surface area contributed by atoms with Crippen LogP contribution in [0.15, 0.2) is 73.4 Å². The number of methoxy groups -OCH3 is 1. The Bertz CT molecular complexity index is 806. The highest BCUT2D eigenvalue weighted by atomic mass is 16.6. The van der Waals surface area contributed by atoms with E-state index in [-0.39, 0.29) is 24.0 Å². The van der Waals surface area contributed by atoms with E-state index in [4.69, 9.17) is 14.2 Å². The fraction of sp³-hybridized carbons (Fsp3) is 0.393. The molecule has 0 bridgehead atoms. The van der Waals surface area contributed by atoms with Crippen molar-refractivity contribution in [1.82, 2.24) is 0 Å². The van der Waals surface area contributed by atoms with Gasteiger partial charge in [0.15, 0.2) is 0 Å². The van der Waals surface area contributed by atoms with E-state index in [0.717, 1.165) is 0 Å². The molecular weight excluding hydrogens is 448 g/mol. The summed E-state index contributed by atoms with van der Waals surface area (Å²) in [6.07, 6.45) is 1.98. The molecule has 7 nitrogen and oxygen atoms in total. The number of hydrogen-bond acceptors (Lipinski definition) is 7. The number of ether oxygens (including phenoxy) is 4. The maximum absolute atomic E-state index is 10.7. The van der Waals surface area contributed by atoms with Crippen molar-refractivity contribution >= 4 is 24.0 Å². The van der Waals surface area contributed by atoms with Gasteiger partial charge in [-0.25, -0.2) is 14.4 Å². The van der Waals surface area contributed by atoms with Gasteiger partial charge in [-0.05, 0) is 32.3 Å². The molecule has 1 aromatic carbocycles. The first-order chi connectivity index (χ1) is 16.3. The van der Waals surface area contributed by atoms with E-state index in [1.807, 2.05) is 50.3 Å². The topological polar surface area (TPSA) is 91.4 Å². The van der Waals surface area contributed by atoms with Crippen molar-refractivity contribution in [1.29, 1.82) is 0 Å². The summed E-state index contributed by atoms with van der Waals surface area (Å²) < 4.78 is 18.7. The van der Waals surface area contributed by atoms with Crippen molar-refractivity contribution < 1.29 is 33.3 Å². The molecule has 1 saturated heterocycles. The van der Waals surface area contributed by atoms with E-state index in [0.29, 0.717) is 42.5 Å². The lowest BCUT2D eigenvalue weighted by Gasteiger charge is -2.05. The minimum atomic E-state index is -0.347. The summed E-state index contributed by atoms with van der Waals surface area (Å²) in [6.45, 7) is 24.3. The monoisotopic (exact) mass is 488 g/mol. The Morgan fingerprint density at radius 2 is 1.40 bits per heavy atom. The Morgan fingerprint density at radius 3 is 1.69 bits per heavy atom. The van der Waals surface area contributed by atoms with Gasteiger partial charge >= 0.3 is 17.9 Å². The molecule has 7 heteroatoms. The summed E-state index contributed by atoms with van der Waals surface area (Å²) in [6, 6.07) is 10.0. The van der Waals surface area contributed by atoms with Crippen LogP contribution < -0.4 is 0 Å². The summed E-state index contributed by atoms with van der Waals surface area (Å²) in [5, 5.41) is 0. The highest BCUT2D eigenvalue weighted by Crippen LogP contribution is 2.09. The van der Waals surface area contributed by atoms with Crippen molar-refractivity contribution in [2.24, 2.45) is 5.92 Å². The lowest BCUT2D eigenvalue weighted by atomic mass is 10.2. The van der Waals surface area contributed by atoms with Gasteiger partial charge in [-0.3, -0.25) is 0 Å². The summed E-state index contributed by atoms with van der Waals surface area (Å²) in [5.41, 5.74) is 2.50. The van der Waals surface area contributed by atoms with E-state index in [1.165, 1.54) is 12.7 Å².